The second kappa shape index (κ2) is 6.41. The van der Waals surface area contributed by atoms with Crippen molar-refractivity contribution in [1.82, 2.24) is 4.90 Å². The molecule has 0 aliphatic carbocycles. The molecule has 1 unspecified atom stereocenters. The van der Waals surface area contributed by atoms with Crippen LogP contribution in [0.1, 0.15) is 47.5 Å². The first-order chi connectivity index (χ1) is 6.97. The molecule has 1 fully saturated rings. The lowest BCUT2D eigenvalue weighted by Gasteiger charge is -2.40. The molecule has 15 heavy (non-hydrogen) atoms. The highest BCUT2D eigenvalue weighted by molar-refractivity contribution is 4.86. The van der Waals surface area contributed by atoms with Crippen molar-refractivity contribution in [2.75, 3.05) is 13.1 Å². The van der Waals surface area contributed by atoms with Gasteiger partial charge in [-0.3, -0.25) is 4.90 Å². The predicted molar refractivity (Wildman–Crippen MR) is 61.4 cm³/mol. The number of nitrogens with zero attached hydrogens (tertiary/aromatic N) is 1. The van der Waals surface area contributed by atoms with E-state index in [9.17, 15) is 8.78 Å². The molecular weight excluding hydrogens is 196 g/mol. The van der Waals surface area contributed by atoms with Crippen LogP contribution in [0.4, 0.5) is 8.78 Å². The molecule has 0 spiro atoms. The van der Waals surface area contributed by atoms with Crippen LogP contribution in [0.25, 0.3) is 0 Å². The molecule has 0 radical (unpaired) electrons. The van der Waals surface area contributed by atoms with Crippen LogP contribution in [0.2, 0.25) is 0 Å². The molecule has 0 bridgehead atoms. The van der Waals surface area contributed by atoms with E-state index in [4.69, 9.17) is 0 Å². The molecule has 1 atom stereocenters. The number of halogens is 2. The van der Waals surface area contributed by atoms with Gasteiger partial charge >= 0.3 is 0 Å². The summed E-state index contributed by atoms with van der Waals surface area (Å²) in [4.78, 5) is 1.87. The van der Waals surface area contributed by atoms with Gasteiger partial charge in [-0.05, 0) is 33.2 Å². The smallest absolute Gasteiger partial charge is 0.263 e. The van der Waals surface area contributed by atoms with Crippen molar-refractivity contribution in [3.05, 3.63) is 0 Å². The van der Waals surface area contributed by atoms with E-state index in [1.165, 1.54) is 0 Å². The monoisotopic (exact) mass is 221 g/mol. The third-order valence-corrected chi connectivity index (χ3v) is 3.00. The zero-order valence-corrected chi connectivity index (χ0v) is 10.7. The van der Waals surface area contributed by atoms with Crippen molar-refractivity contribution in [1.29, 1.82) is 0 Å². The average molecular weight is 221 g/mol. The Balaban J connectivity index is 0.000000921. The first-order valence-corrected chi connectivity index (χ1v) is 6.09. The summed E-state index contributed by atoms with van der Waals surface area (Å²) in [5, 5.41) is 0. The van der Waals surface area contributed by atoms with Gasteiger partial charge in [0.1, 0.15) is 0 Å². The van der Waals surface area contributed by atoms with Gasteiger partial charge < -0.3 is 0 Å². The molecule has 0 aromatic rings. The Morgan fingerprint density at radius 2 is 1.87 bits per heavy atom. The van der Waals surface area contributed by atoms with Crippen LogP contribution in [-0.2, 0) is 0 Å². The number of likely N-dealkylation sites (tertiary alicyclic amines) is 1. The van der Waals surface area contributed by atoms with Gasteiger partial charge in [-0.2, -0.15) is 0 Å². The molecule has 3 heteroatoms. The number of rotatable bonds is 2. The van der Waals surface area contributed by atoms with Crippen LogP contribution in [0, 0.1) is 5.92 Å². The minimum Gasteiger partial charge on any atom is -0.295 e. The van der Waals surface area contributed by atoms with Crippen molar-refractivity contribution in [2.24, 2.45) is 5.92 Å². The lowest BCUT2D eigenvalue weighted by Crippen LogP contribution is -2.50. The van der Waals surface area contributed by atoms with Gasteiger partial charge in [-0.15, -0.1) is 0 Å². The second-order valence-corrected chi connectivity index (χ2v) is 4.22. The quantitative estimate of drug-likeness (QED) is 0.685. The fourth-order valence-corrected chi connectivity index (χ4v) is 1.96. The largest absolute Gasteiger partial charge is 0.295 e. The molecule has 0 saturated carbocycles. The number of piperidine rings is 1. The maximum atomic E-state index is 13.4. The maximum Gasteiger partial charge on any atom is 0.263 e. The van der Waals surface area contributed by atoms with Gasteiger partial charge in [0.25, 0.3) is 5.92 Å². The van der Waals surface area contributed by atoms with Gasteiger partial charge in [-0.25, -0.2) is 8.78 Å². The molecule has 92 valence electrons. The second-order valence-electron chi connectivity index (χ2n) is 4.22. The molecule has 0 amide bonds. The SMILES string of the molecule is CC.CCC1CCN(C(C)C)CC1(F)F. The summed E-state index contributed by atoms with van der Waals surface area (Å²) in [7, 11) is 0. The zero-order chi connectivity index (χ0) is 12.1. The van der Waals surface area contributed by atoms with Crippen LogP contribution in [-0.4, -0.2) is 30.0 Å². The third-order valence-electron chi connectivity index (χ3n) is 3.00. The van der Waals surface area contributed by atoms with E-state index >= 15 is 0 Å². The van der Waals surface area contributed by atoms with E-state index in [0.717, 1.165) is 6.54 Å². The summed E-state index contributed by atoms with van der Waals surface area (Å²) >= 11 is 0. The molecule has 0 aromatic carbocycles. The molecule has 1 nitrogen and oxygen atoms in total. The van der Waals surface area contributed by atoms with Gasteiger partial charge in [0, 0.05) is 12.0 Å². The molecular formula is C12H25F2N. The lowest BCUT2D eigenvalue weighted by molar-refractivity contribution is -0.117. The summed E-state index contributed by atoms with van der Waals surface area (Å²) in [6, 6.07) is 0.240. The van der Waals surface area contributed by atoms with Crippen molar-refractivity contribution in [2.45, 2.75) is 59.4 Å². The summed E-state index contributed by atoms with van der Waals surface area (Å²) in [5.74, 6) is -2.88. The highest BCUT2D eigenvalue weighted by Gasteiger charge is 2.43. The van der Waals surface area contributed by atoms with E-state index in [0.29, 0.717) is 12.8 Å². The molecule has 1 heterocycles. The molecule has 1 saturated heterocycles. The predicted octanol–water partition coefficient (Wildman–Crippen LogP) is 3.79. The van der Waals surface area contributed by atoms with Crippen LogP contribution < -0.4 is 0 Å². The van der Waals surface area contributed by atoms with Crippen LogP contribution in [0.5, 0.6) is 0 Å². The van der Waals surface area contributed by atoms with Crippen molar-refractivity contribution in [3.63, 3.8) is 0 Å². The fourth-order valence-electron chi connectivity index (χ4n) is 1.96. The minimum atomic E-state index is -2.47. The summed E-state index contributed by atoms with van der Waals surface area (Å²) in [6.45, 7) is 10.6. The summed E-state index contributed by atoms with van der Waals surface area (Å²) < 4.78 is 26.9. The topological polar surface area (TPSA) is 3.24 Å². The first kappa shape index (κ1) is 14.8. The summed E-state index contributed by atoms with van der Waals surface area (Å²) in [5.41, 5.74) is 0. The normalized spacial score (nSPS) is 26.0. The van der Waals surface area contributed by atoms with Crippen LogP contribution >= 0.6 is 0 Å². The zero-order valence-electron chi connectivity index (χ0n) is 10.7. The Bertz CT molecular complexity index is 169. The average Bonchev–Trinajstić information content (AvgIpc) is 2.19. The Morgan fingerprint density at radius 3 is 2.20 bits per heavy atom. The molecule has 1 rings (SSSR count). The third kappa shape index (κ3) is 4.06. The van der Waals surface area contributed by atoms with Gasteiger partial charge in [-0.1, -0.05) is 20.8 Å². The van der Waals surface area contributed by atoms with E-state index in [1.807, 2.05) is 39.5 Å². The Morgan fingerprint density at radius 1 is 1.33 bits per heavy atom. The van der Waals surface area contributed by atoms with Crippen molar-refractivity contribution >= 4 is 0 Å². The highest BCUT2D eigenvalue weighted by Crippen LogP contribution is 2.35. The van der Waals surface area contributed by atoms with Crippen LogP contribution in [0.15, 0.2) is 0 Å². The Kier molecular flexibility index (Phi) is 6.34. The van der Waals surface area contributed by atoms with E-state index in [2.05, 4.69) is 0 Å². The molecule has 1 aliphatic rings. The van der Waals surface area contributed by atoms with Crippen LogP contribution in [0.3, 0.4) is 0 Å². The maximum absolute atomic E-state index is 13.4. The lowest BCUT2D eigenvalue weighted by atomic mass is 9.90. The summed E-state index contributed by atoms with van der Waals surface area (Å²) in [6.07, 6.45) is 1.24. The number of alkyl halides is 2. The van der Waals surface area contributed by atoms with Crippen molar-refractivity contribution in [3.8, 4) is 0 Å². The minimum absolute atomic E-state index is 0.0524. The Labute approximate surface area is 92.8 Å². The van der Waals surface area contributed by atoms with Gasteiger partial charge in [0.15, 0.2) is 0 Å². The van der Waals surface area contributed by atoms with Crippen molar-refractivity contribution < 1.29 is 8.78 Å². The van der Waals surface area contributed by atoms with Gasteiger partial charge in [0.05, 0.1) is 6.54 Å². The van der Waals surface area contributed by atoms with E-state index in [1.54, 1.807) is 0 Å². The molecule has 0 aromatic heterocycles. The van der Waals surface area contributed by atoms with Gasteiger partial charge in [0.2, 0.25) is 0 Å². The Hall–Kier alpha value is -0.180. The molecule has 1 aliphatic heterocycles. The first-order valence-electron chi connectivity index (χ1n) is 6.09. The van der Waals surface area contributed by atoms with E-state index < -0.39 is 11.8 Å². The fraction of sp³-hybridized carbons (Fsp3) is 1.00. The standard InChI is InChI=1S/C10H19F2N.C2H6/c1-4-9-5-6-13(8(2)3)7-10(9,11)12;1-2/h8-9H,4-7H2,1-3H3;1-2H3. The van der Waals surface area contributed by atoms with E-state index in [-0.39, 0.29) is 12.6 Å². The molecule has 0 N–H and O–H groups in total. The number of hydrogen-bond donors (Lipinski definition) is 0. The highest BCUT2D eigenvalue weighted by atomic mass is 19.3. The number of hydrogen-bond acceptors (Lipinski definition) is 1.